The van der Waals surface area contributed by atoms with Gasteiger partial charge in [0, 0.05) is 12.5 Å². The molecule has 17 heavy (non-hydrogen) atoms. The van der Waals surface area contributed by atoms with E-state index in [2.05, 4.69) is 46.0 Å². The molecule has 1 aliphatic rings. The molecule has 0 fully saturated rings. The van der Waals surface area contributed by atoms with E-state index >= 15 is 0 Å². The van der Waals surface area contributed by atoms with Gasteiger partial charge >= 0.3 is 0 Å². The van der Waals surface area contributed by atoms with E-state index < -0.39 is 0 Å². The van der Waals surface area contributed by atoms with Crippen molar-refractivity contribution in [1.29, 1.82) is 0 Å². The highest BCUT2D eigenvalue weighted by Crippen LogP contribution is 2.39. The van der Waals surface area contributed by atoms with E-state index in [0.29, 0.717) is 11.8 Å². The molecule has 0 N–H and O–H groups in total. The summed E-state index contributed by atoms with van der Waals surface area (Å²) in [5.74, 6) is 2.75. The molecular weight excluding hydrogens is 234 g/mol. The predicted octanol–water partition coefficient (Wildman–Crippen LogP) is 2.72. The maximum Gasteiger partial charge on any atom is 0.147 e. The zero-order chi connectivity index (χ0) is 11.8. The van der Waals surface area contributed by atoms with Crippen molar-refractivity contribution in [2.45, 2.75) is 31.7 Å². The van der Waals surface area contributed by atoms with Crippen LogP contribution in [0.15, 0.2) is 24.3 Å². The molecule has 0 aliphatic heterocycles. The molecule has 0 spiro atoms. The average Bonchev–Trinajstić information content (AvgIpc) is 2.73. The van der Waals surface area contributed by atoms with Crippen LogP contribution in [0.5, 0.6) is 0 Å². The Labute approximate surface area is 105 Å². The first-order chi connectivity index (χ1) is 8.35. The highest BCUT2D eigenvalue weighted by molar-refractivity contribution is 6.16. The summed E-state index contributed by atoms with van der Waals surface area (Å²) < 4.78 is 2.13. The van der Waals surface area contributed by atoms with E-state index in [1.807, 2.05) is 0 Å². The summed E-state index contributed by atoms with van der Waals surface area (Å²) in [6.45, 7) is 2.98. The van der Waals surface area contributed by atoms with Gasteiger partial charge in [-0.05, 0) is 24.5 Å². The molecule has 0 amide bonds. The third-order valence-electron chi connectivity index (χ3n) is 3.46. The lowest BCUT2D eigenvalue weighted by molar-refractivity contribution is 0.590. The molecule has 1 aromatic carbocycles. The Morgan fingerprint density at radius 3 is 2.88 bits per heavy atom. The van der Waals surface area contributed by atoms with Crippen LogP contribution in [0.3, 0.4) is 0 Å². The second-order valence-electron chi connectivity index (χ2n) is 4.31. The van der Waals surface area contributed by atoms with E-state index in [9.17, 15) is 0 Å². The predicted molar refractivity (Wildman–Crippen MR) is 67.2 cm³/mol. The van der Waals surface area contributed by atoms with Gasteiger partial charge in [0.25, 0.3) is 0 Å². The standard InChI is InChI=1S/C13H14ClN3/c1-2-17-12(8-14)15-16-13(17)11-7-9-5-3-4-6-10(9)11/h3-6,11H,2,7-8H2,1H3. The fraction of sp³-hybridized carbons (Fsp3) is 0.385. The number of aromatic nitrogens is 3. The van der Waals surface area contributed by atoms with Crippen molar-refractivity contribution < 1.29 is 0 Å². The zero-order valence-corrected chi connectivity index (χ0v) is 10.5. The van der Waals surface area contributed by atoms with Gasteiger partial charge in [0.15, 0.2) is 0 Å². The van der Waals surface area contributed by atoms with Gasteiger partial charge in [-0.25, -0.2) is 0 Å². The number of hydrogen-bond acceptors (Lipinski definition) is 2. The van der Waals surface area contributed by atoms with Crippen LogP contribution in [0.25, 0.3) is 0 Å². The van der Waals surface area contributed by atoms with Crippen molar-refractivity contribution in [1.82, 2.24) is 14.8 Å². The van der Waals surface area contributed by atoms with Gasteiger partial charge < -0.3 is 4.57 Å². The van der Waals surface area contributed by atoms with Crippen LogP contribution < -0.4 is 0 Å². The van der Waals surface area contributed by atoms with Crippen LogP contribution >= 0.6 is 11.6 Å². The van der Waals surface area contributed by atoms with Gasteiger partial charge in [0.05, 0.1) is 5.88 Å². The van der Waals surface area contributed by atoms with Crippen LogP contribution in [-0.4, -0.2) is 14.8 Å². The molecule has 1 aliphatic carbocycles. The Morgan fingerprint density at radius 2 is 2.18 bits per heavy atom. The van der Waals surface area contributed by atoms with Crippen LogP contribution in [0.4, 0.5) is 0 Å². The lowest BCUT2D eigenvalue weighted by Crippen LogP contribution is -2.22. The number of benzene rings is 1. The average molecular weight is 248 g/mol. The van der Waals surface area contributed by atoms with Gasteiger partial charge in [0.1, 0.15) is 11.6 Å². The van der Waals surface area contributed by atoms with Crippen LogP contribution in [0.2, 0.25) is 0 Å². The number of hydrogen-bond donors (Lipinski definition) is 0. The highest BCUT2D eigenvalue weighted by Gasteiger charge is 2.31. The van der Waals surface area contributed by atoms with Crippen molar-refractivity contribution in [2.24, 2.45) is 0 Å². The van der Waals surface area contributed by atoms with Crippen molar-refractivity contribution >= 4 is 11.6 Å². The summed E-state index contributed by atoms with van der Waals surface area (Å²) in [6, 6.07) is 8.53. The van der Waals surface area contributed by atoms with Crippen molar-refractivity contribution in [3.8, 4) is 0 Å². The molecule has 1 heterocycles. The summed E-state index contributed by atoms with van der Waals surface area (Å²) >= 11 is 5.87. The number of nitrogens with zero attached hydrogens (tertiary/aromatic N) is 3. The second kappa shape index (κ2) is 4.15. The quantitative estimate of drug-likeness (QED) is 0.781. The molecule has 1 atom stereocenters. The molecule has 1 aromatic heterocycles. The minimum atomic E-state index is 0.399. The third kappa shape index (κ3) is 1.57. The molecule has 1 unspecified atom stereocenters. The minimum Gasteiger partial charge on any atom is -0.314 e. The lowest BCUT2D eigenvalue weighted by atomic mass is 9.77. The molecule has 4 heteroatoms. The molecule has 2 aromatic rings. The number of fused-ring (bicyclic) bond motifs is 1. The Bertz CT molecular complexity index is 547. The minimum absolute atomic E-state index is 0.399. The summed E-state index contributed by atoms with van der Waals surface area (Å²) in [5.41, 5.74) is 2.81. The normalized spacial score (nSPS) is 17.6. The number of alkyl halides is 1. The molecular formula is C13H14ClN3. The SMILES string of the molecule is CCn1c(CCl)nnc1C1Cc2ccccc21. The molecule has 3 nitrogen and oxygen atoms in total. The van der Waals surface area contributed by atoms with E-state index in [1.54, 1.807) is 0 Å². The Morgan fingerprint density at radius 1 is 1.35 bits per heavy atom. The van der Waals surface area contributed by atoms with Crippen LogP contribution in [0, 0.1) is 0 Å². The maximum atomic E-state index is 5.87. The third-order valence-corrected chi connectivity index (χ3v) is 3.70. The number of halogens is 1. The summed E-state index contributed by atoms with van der Waals surface area (Å²) in [7, 11) is 0. The van der Waals surface area contributed by atoms with E-state index in [4.69, 9.17) is 11.6 Å². The highest BCUT2D eigenvalue weighted by atomic mass is 35.5. The first-order valence-corrected chi connectivity index (χ1v) is 6.44. The van der Waals surface area contributed by atoms with Gasteiger partial charge in [-0.1, -0.05) is 24.3 Å². The van der Waals surface area contributed by atoms with E-state index in [-0.39, 0.29) is 0 Å². The monoisotopic (exact) mass is 247 g/mol. The van der Waals surface area contributed by atoms with E-state index in [0.717, 1.165) is 24.6 Å². The van der Waals surface area contributed by atoms with Crippen molar-refractivity contribution in [2.75, 3.05) is 0 Å². The van der Waals surface area contributed by atoms with Crippen LogP contribution in [-0.2, 0) is 18.8 Å². The van der Waals surface area contributed by atoms with Crippen molar-refractivity contribution in [3.05, 3.63) is 47.0 Å². The van der Waals surface area contributed by atoms with Gasteiger partial charge in [-0.3, -0.25) is 0 Å². The van der Waals surface area contributed by atoms with Gasteiger partial charge in [-0.2, -0.15) is 0 Å². The smallest absolute Gasteiger partial charge is 0.147 e. The number of rotatable bonds is 3. The maximum absolute atomic E-state index is 5.87. The Balaban J connectivity index is 2.00. The Kier molecular flexibility index (Phi) is 2.63. The molecule has 3 rings (SSSR count). The topological polar surface area (TPSA) is 30.7 Å². The molecule has 0 saturated heterocycles. The van der Waals surface area contributed by atoms with Gasteiger partial charge in [0.2, 0.25) is 0 Å². The largest absolute Gasteiger partial charge is 0.314 e. The fourth-order valence-corrected chi connectivity index (χ4v) is 2.74. The summed E-state index contributed by atoms with van der Waals surface area (Å²) in [5, 5.41) is 8.47. The zero-order valence-electron chi connectivity index (χ0n) is 9.73. The molecule has 0 radical (unpaired) electrons. The molecule has 0 bridgehead atoms. The molecule has 0 saturated carbocycles. The van der Waals surface area contributed by atoms with Crippen LogP contribution in [0.1, 0.15) is 35.6 Å². The van der Waals surface area contributed by atoms with E-state index in [1.165, 1.54) is 11.1 Å². The lowest BCUT2D eigenvalue weighted by Gasteiger charge is -2.29. The first-order valence-electron chi connectivity index (χ1n) is 5.91. The summed E-state index contributed by atoms with van der Waals surface area (Å²) in [4.78, 5) is 0. The van der Waals surface area contributed by atoms with Crippen molar-refractivity contribution in [3.63, 3.8) is 0 Å². The summed E-state index contributed by atoms with van der Waals surface area (Å²) in [6.07, 6.45) is 1.07. The Hall–Kier alpha value is -1.35. The second-order valence-corrected chi connectivity index (χ2v) is 4.58. The first kappa shape index (κ1) is 10.8. The molecule has 88 valence electrons. The van der Waals surface area contributed by atoms with Gasteiger partial charge in [-0.15, -0.1) is 21.8 Å². The fourth-order valence-electron chi connectivity index (χ4n) is 2.54.